The van der Waals surface area contributed by atoms with Crippen LogP contribution in [0.1, 0.15) is 50.5 Å². The second-order valence-corrected chi connectivity index (χ2v) is 6.17. The van der Waals surface area contributed by atoms with Gasteiger partial charge in [0.15, 0.2) is 0 Å². The minimum Gasteiger partial charge on any atom is -0.494 e. The second-order valence-electron chi connectivity index (χ2n) is 5.31. The van der Waals surface area contributed by atoms with Crippen LogP contribution in [0, 0.1) is 0 Å². The van der Waals surface area contributed by atoms with E-state index in [1.165, 1.54) is 0 Å². The zero-order valence-corrected chi connectivity index (χ0v) is 14.3. The van der Waals surface area contributed by atoms with Gasteiger partial charge in [0.2, 0.25) is 0 Å². The third-order valence-corrected chi connectivity index (χ3v) is 3.87. The molecule has 2 rings (SSSR count). The first-order chi connectivity index (χ1) is 10.0. The van der Waals surface area contributed by atoms with Gasteiger partial charge in [0, 0.05) is 6.04 Å². The summed E-state index contributed by atoms with van der Waals surface area (Å²) >= 11 is 3.55. The molecule has 0 aliphatic carbocycles. The summed E-state index contributed by atoms with van der Waals surface area (Å²) in [7, 11) is 0. The molecule has 0 bridgehead atoms. The van der Waals surface area contributed by atoms with E-state index in [4.69, 9.17) is 10.5 Å². The Bertz CT molecular complexity index is 595. The van der Waals surface area contributed by atoms with E-state index >= 15 is 0 Å². The lowest BCUT2D eigenvalue weighted by molar-refractivity contribution is 0.317. The van der Waals surface area contributed by atoms with Crippen LogP contribution in [0.4, 0.5) is 0 Å². The highest BCUT2D eigenvalue weighted by atomic mass is 79.9. The first-order valence-electron chi connectivity index (χ1n) is 7.25. The van der Waals surface area contributed by atoms with Crippen LogP contribution < -0.4 is 10.5 Å². The van der Waals surface area contributed by atoms with Crippen molar-refractivity contribution in [2.75, 3.05) is 6.61 Å². The summed E-state index contributed by atoms with van der Waals surface area (Å²) in [6.45, 7) is 6.99. The molecule has 0 saturated carbocycles. The van der Waals surface area contributed by atoms with Crippen molar-refractivity contribution < 1.29 is 4.74 Å². The number of benzene rings is 1. The fourth-order valence-corrected chi connectivity index (χ4v) is 2.75. The first kappa shape index (κ1) is 16.0. The number of hydrogen-bond acceptors (Lipinski definition) is 3. The number of nitrogens with two attached hydrogens (primary N) is 1. The molecule has 4 nitrogen and oxygen atoms in total. The van der Waals surface area contributed by atoms with E-state index in [2.05, 4.69) is 41.8 Å². The van der Waals surface area contributed by atoms with Crippen molar-refractivity contribution in [2.24, 2.45) is 5.73 Å². The summed E-state index contributed by atoms with van der Waals surface area (Å²) in [6, 6.07) is 7.98. The number of aromatic nitrogens is 2. The van der Waals surface area contributed by atoms with Crippen molar-refractivity contribution in [1.82, 2.24) is 9.78 Å². The van der Waals surface area contributed by atoms with Crippen LogP contribution in [-0.2, 0) is 0 Å². The lowest BCUT2D eigenvalue weighted by Gasteiger charge is -2.18. The minimum atomic E-state index is -0.241. The highest BCUT2D eigenvalue weighted by molar-refractivity contribution is 9.10. The average molecular weight is 352 g/mol. The largest absolute Gasteiger partial charge is 0.494 e. The van der Waals surface area contributed by atoms with Crippen molar-refractivity contribution in [2.45, 2.75) is 39.3 Å². The lowest BCUT2D eigenvalue weighted by Crippen LogP contribution is -2.19. The zero-order valence-electron chi connectivity index (χ0n) is 12.7. The van der Waals surface area contributed by atoms with Gasteiger partial charge in [-0.05, 0) is 53.9 Å². The van der Waals surface area contributed by atoms with Crippen LogP contribution in [-0.4, -0.2) is 16.4 Å². The van der Waals surface area contributed by atoms with Crippen LogP contribution in [0.15, 0.2) is 34.9 Å². The fraction of sp³-hybridized carbons (Fsp3) is 0.438. The number of ether oxygens (including phenoxy) is 1. The maximum atomic E-state index is 6.45. The molecule has 1 atom stereocenters. The molecule has 0 aliphatic heterocycles. The van der Waals surface area contributed by atoms with Crippen LogP contribution >= 0.6 is 15.9 Å². The standard InChI is InChI=1S/C16H22BrN3O/c1-4-8-21-13-7-5-6-12(9-13)15(18)16-14(17)10-19-20(16)11(2)3/h5-7,9-11,15H,4,8,18H2,1-3H3. The van der Waals surface area contributed by atoms with Crippen LogP contribution in [0.5, 0.6) is 5.75 Å². The molecule has 0 amide bonds. The molecule has 114 valence electrons. The van der Waals surface area contributed by atoms with Gasteiger partial charge in [-0.25, -0.2) is 0 Å². The molecule has 0 saturated heterocycles. The van der Waals surface area contributed by atoms with Crippen molar-refractivity contribution in [3.8, 4) is 5.75 Å². The Hall–Kier alpha value is -1.33. The van der Waals surface area contributed by atoms with Gasteiger partial charge in [0.25, 0.3) is 0 Å². The number of halogens is 1. The summed E-state index contributed by atoms with van der Waals surface area (Å²) in [6.07, 6.45) is 2.79. The summed E-state index contributed by atoms with van der Waals surface area (Å²) in [5.41, 5.74) is 8.46. The second kappa shape index (κ2) is 7.09. The van der Waals surface area contributed by atoms with Gasteiger partial charge in [-0.15, -0.1) is 0 Å². The molecular formula is C16H22BrN3O. The van der Waals surface area contributed by atoms with E-state index < -0.39 is 0 Å². The Kier molecular flexibility index (Phi) is 5.42. The molecule has 21 heavy (non-hydrogen) atoms. The predicted molar refractivity (Wildman–Crippen MR) is 88.6 cm³/mol. The van der Waals surface area contributed by atoms with E-state index in [-0.39, 0.29) is 12.1 Å². The van der Waals surface area contributed by atoms with Gasteiger partial charge in [-0.3, -0.25) is 4.68 Å². The number of hydrogen-bond donors (Lipinski definition) is 1. The molecule has 2 aromatic rings. The minimum absolute atomic E-state index is 0.241. The normalized spacial score (nSPS) is 12.7. The molecule has 1 aromatic heterocycles. The Morgan fingerprint density at radius 2 is 2.14 bits per heavy atom. The predicted octanol–water partition coefficient (Wildman–Crippen LogP) is 4.06. The van der Waals surface area contributed by atoms with Gasteiger partial charge in [-0.1, -0.05) is 19.1 Å². The van der Waals surface area contributed by atoms with Crippen LogP contribution in [0.25, 0.3) is 0 Å². The molecule has 0 fully saturated rings. The van der Waals surface area contributed by atoms with Crippen LogP contribution in [0.2, 0.25) is 0 Å². The van der Waals surface area contributed by atoms with Crippen molar-refractivity contribution in [3.63, 3.8) is 0 Å². The molecule has 0 spiro atoms. The Labute approximate surface area is 134 Å². The van der Waals surface area contributed by atoms with E-state index in [0.717, 1.165) is 27.9 Å². The summed E-state index contributed by atoms with van der Waals surface area (Å²) < 4.78 is 8.57. The van der Waals surface area contributed by atoms with Gasteiger partial charge >= 0.3 is 0 Å². The van der Waals surface area contributed by atoms with E-state index in [1.807, 2.05) is 28.9 Å². The topological polar surface area (TPSA) is 53.1 Å². The van der Waals surface area contributed by atoms with E-state index in [0.29, 0.717) is 6.61 Å². The molecule has 1 aromatic carbocycles. The lowest BCUT2D eigenvalue weighted by atomic mass is 10.0. The third kappa shape index (κ3) is 3.66. The number of nitrogens with zero attached hydrogens (tertiary/aromatic N) is 2. The molecule has 5 heteroatoms. The van der Waals surface area contributed by atoms with Gasteiger partial charge < -0.3 is 10.5 Å². The zero-order chi connectivity index (χ0) is 15.4. The molecular weight excluding hydrogens is 330 g/mol. The van der Waals surface area contributed by atoms with Crippen molar-refractivity contribution in [3.05, 3.63) is 46.2 Å². The highest BCUT2D eigenvalue weighted by Crippen LogP contribution is 2.30. The van der Waals surface area contributed by atoms with Gasteiger partial charge in [-0.2, -0.15) is 5.10 Å². The Balaban J connectivity index is 2.31. The van der Waals surface area contributed by atoms with Crippen molar-refractivity contribution >= 4 is 15.9 Å². The smallest absolute Gasteiger partial charge is 0.119 e. The summed E-state index contributed by atoms with van der Waals surface area (Å²) in [4.78, 5) is 0. The number of rotatable bonds is 6. The van der Waals surface area contributed by atoms with Gasteiger partial charge in [0.1, 0.15) is 5.75 Å². The van der Waals surface area contributed by atoms with Gasteiger partial charge in [0.05, 0.1) is 29.0 Å². The first-order valence-corrected chi connectivity index (χ1v) is 8.05. The maximum absolute atomic E-state index is 6.45. The highest BCUT2D eigenvalue weighted by Gasteiger charge is 2.20. The quantitative estimate of drug-likeness (QED) is 0.853. The maximum Gasteiger partial charge on any atom is 0.119 e. The van der Waals surface area contributed by atoms with Crippen molar-refractivity contribution in [1.29, 1.82) is 0 Å². The average Bonchev–Trinajstić information content (AvgIpc) is 2.86. The molecule has 1 heterocycles. The molecule has 1 unspecified atom stereocenters. The summed E-state index contributed by atoms with van der Waals surface area (Å²) in [5.74, 6) is 0.858. The Morgan fingerprint density at radius 1 is 1.38 bits per heavy atom. The molecule has 2 N–H and O–H groups in total. The molecule has 0 radical (unpaired) electrons. The SMILES string of the molecule is CCCOc1cccc(C(N)c2c(Br)cnn2C(C)C)c1. The van der Waals surface area contributed by atoms with Crippen LogP contribution in [0.3, 0.4) is 0 Å². The Morgan fingerprint density at radius 3 is 2.81 bits per heavy atom. The van der Waals surface area contributed by atoms with E-state index in [9.17, 15) is 0 Å². The third-order valence-electron chi connectivity index (χ3n) is 3.26. The van der Waals surface area contributed by atoms with E-state index in [1.54, 1.807) is 6.20 Å². The molecule has 0 aliphatic rings. The monoisotopic (exact) mass is 351 g/mol. The summed E-state index contributed by atoms with van der Waals surface area (Å²) in [5, 5.41) is 4.39. The fourth-order valence-electron chi connectivity index (χ4n) is 2.23.